The van der Waals surface area contributed by atoms with Crippen LogP contribution in [0.25, 0.3) is 21.8 Å². The number of benzene rings is 1. The van der Waals surface area contributed by atoms with Crippen LogP contribution in [-0.4, -0.2) is 10.2 Å². The molecule has 0 saturated carbocycles. The van der Waals surface area contributed by atoms with E-state index in [0.717, 1.165) is 27.4 Å². The van der Waals surface area contributed by atoms with E-state index in [1.54, 1.807) is 23.5 Å². The maximum Gasteiger partial charge on any atom is 0.123 e. The number of halogens is 1. The first-order chi connectivity index (χ1) is 8.75. The highest BCUT2D eigenvalue weighted by Crippen LogP contribution is 2.31. The van der Waals surface area contributed by atoms with Crippen LogP contribution >= 0.6 is 11.3 Å². The molecule has 3 rings (SSSR count). The fourth-order valence-electron chi connectivity index (χ4n) is 1.95. The fourth-order valence-corrected chi connectivity index (χ4v) is 2.72. The van der Waals surface area contributed by atoms with Crippen LogP contribution in [-0.2, 0) is 0 Å². The second-order valence-electron chi connectivity index (χ2n) is 4.06. The van der Waals surface area contributed by atoms with Gasteiger partial charge in [-0.2, -0.15) is 5.10 Å². The zero-order valence-corrected chi connectivity index (χ0v) is 10.6. The van der Waals surface area contributed by atoms with Crippen molar-refractivity contribution in [1.29, 1.82) is 0 Å². The first kappa shape index (κ1) is 11.2. The highest BCUT2D eigenvalue weighted by atomic mass is 32.1. The lowest BCUT2D eigenvalue weighted by atomic mass is 10.1. The zero-order chi connectivity index (χ0) is 12.5. The third-order valence-electron chi connectivity index (χ3n) is 2.89. The van der Waals surface area contributed by atoms with Crippen LogP contribution < -0.4 is 0 Å². The summed E-state index contributed by atoms with van der Waals surface area (Å²) < 4.78 is 12.9. The SMILES string of the molecule is Cc1c(-c2ccc(F)cc2)n[nH]c1-c1cccs1. The van der Waals surface area contributed by atoms with Gasteiger partial charge in [0.1, 0.15) is 5.82 Å². The number of thiophene rings is 1. The van der Waals surface area contributed by atoms with Crippen molar-refractivity contribution >= 4 is 11.3 Å². The van der Waals surface area contributed by atoms with Gasteiger partial charge in [-0.25, -0.2) is 4.39 Å². The molecule has 0 bridgehead atoms. The molecule has 3 aromatic rings. The Morgan fingerprint density at radius 3 is 2.61 bits per heavy atom. The number of nitrogens with one attached hydrogen (secondary N) is 1. The van der Waals surface area contributed by atoms with Gasteiger partial charge in [-0.3, -0.25) is 5.10 Å². The molecular weight excluding hydrogens is 247 g/mol. The number of rotatable bonds is 2. The van der Waals surface area contributed by atoms with Gasteiger partial charge in [-0.1, -0.05) is 6.07 Å². The van der Waals surface area contributed by atoms with Crippen LogP contribution in [0.3, 0.4) is 0 Å². The molecule has 0 radical (unpaired) electrons. The van der Waals surface area contributed by atoms with E-state index >= 15 is 0 Å². The molecule has 2 aromatic heterocycles. The van der Waals surface area contributed by atoms with Crippen molar-refractivity contribution in [3.63, 3.8) is 0 Å². The molecule has 0 amide bonds. The summed E-state index contributed by atoms with van der Waals surface area (Å²) in [5.74, 6) is -0.231. The monoisotopic (exact) mass is 258 g/mol. The molecule has 0 aliphatic heterocycles. The third kappa shape index (κ3) is 1.84. The number of nitrogens with zero attached hydrogens (tertiary/aromatic N) is 1. The van der Waals surface area contributed by atoms with E-state index in [-0.39, 0.29) is 5.82 Å². The van der Waals surface area contributed by atoms with Gasteiger partial charge < -0.3 is 0 Å². The Morgan fingerprint density at radius 1 is 1.17 bits per heavy atom. The van der Waals surface area contributed by atoms with Gasteiger partial charge in [0.05, 0.1) is 16.3 Å². The molecule has 0 spiro atoms. The van der Waals surface area contributed by atoms with Crippen molar-refractivity contribution < 1.29 is 4.39 Å². The average molecular weight is 258 g/mol. The summed E-state index contributed by atoms with van der Waals surface area (Å²) in [6, 6.07) is 10.5. The van der Waals surface area contributed by atoms with E-state index in [4.69, 9.17) is 0 Å². The molecular formula is C14H11FN2S. The summed E-state index contributed by atoms with van der Waals surface area (Å²) in [5.41, 5.74) is 3.92. The Bertz CT molecular complexity index is 654. The Kier molecular flexibility index (Phi) is 2.72. The lowest BCUT2D eigenvalue weighted by Crippen LogP contribution is -1.82. The summed E-state index contributed by atoms with van der Waals surface area (Å²) in [7, 11) is 0. The van der Waals surface area contributed by atoms with Crippen molar-refractivity contribution in [3.8, 4) is 21.8 Å². The molecule has 0 atom stereocenters. The molecule has 0 unspecified atom stereocenters. The van der Waals surface area contributed by atoms with Gasteiger partial charge in [0.15, 0.2) is 0 Å². The summed E-state index contributed by atoms with van der Waals surface area (Å²) in [5, 5.41) is 9.42. The van der Waals surface area contributed by atoms with Crippen LogP contribution in [0.4, 0.5) is 4.39 Å². The van der Waals surface area contributed by atoms with E-state index in [0.29, 0.717) is 0 Å². The van der Waals surface area contributed by atoms with Crippen molar-refractivity contribution in [3.05, 3.63) is 53.2 Å². The Morgan fingerprint density at radius 2 is 1.94 bits per heavy atom. The predicted molar refractivity (Wildman–Crippen MR) is 72.0 cm³/mol. The van der Waals surface area contributed by atoms with Crippen LogP contribution in [0.5, 0.6) is 0 Å². The Balaban J connectivity index is 2.07. The smallest absolute Gasteiger partial charge is 0.123 e. The molecule has 0 saturated heterocycles. The van der Waals surface area contributed by atoms with Gasteiger partial charge in [0.25, 0.3) is 0 Å². The molecule has 90 valence electrons. The second-order valence-corrected chi connectivity index (χ2v) is 5.00. The van der Waals surface area contributed by atoms with Gasteiger partial charge in [0, 0.05) is 11.1 Å². The average Bonchev–Trinajstić information content (AvgIpc) is 2.99. The fraction of sp³-hybridized carbons (Fsp3) is 0.0714. The molecule has 0 aliphatic carbocycles. The molecule has 1 N–H and O–H groups in total. The molecule has 2 heterocycles. The molecule has 2 nitrogen and oxygen atoms in total. The zero-order valence-electron chi connectivity index (χ0n) is 9.77. The minimum atomic E-state index is -0.231. The normalized spacial score (nSPS) is 10.8. The minimum Gasteiger partial charge on any atom is -0.276 e. The van der Waals surface area contributed by atoms with E-state index in [9.17, 15) is 4.39 Å². The number of hydrogen-bond acceptors (Lipinski definition) is 2. The van der Waals surface area contributed by atoms with Crippen molar-refractivity contribution in [2.75, 3.05) is 0 Å². The van der Waals surface area contributed by atoms with Gasteiger partial charge >= 0.3 is 0 Å². The van der Waals surface area contributed by atoms with Gasteiger partial charge in [-0.05, 0) is 42.6 Å². The van der Waals surface area contributed by atoms with Crippen LogP contribution in [0.15, 0.2) is 41.8 Å². The molecule has 4 heteroatoms. The second kappa shape index (κ2) is 4.38. The highest BCUT2D eigenvalue weighted by Gasteiger charge is 2.12. The summed E-state index contributed by atoms with van der Waals surface area (Å²) in [6.45, 7) is 2.03. The predicted octanol–water partition coefficient (Wildman–Crippen LogP) is 4.25. The standard InChI is InChI=1S/C14H11FN2S/c1-9-13(10-4-6-11(15)7-5-10)16-17-14(9)12-3-2-8-18-12/h2-8H,1H3,(H,16,17). The topological polar surface area (TPSA) is 28.7 Å². The maximum absolute atomic E-state index is 12.9. The first-order valence-corrected chi connectivity index (χ1v) is 6.48. The van der Waals surface area contributed by atoms with Gasteiger partial charge in [0.2, 0.25) is 0 Å². The van der Waals surface area contributed by atoms with E-state index in [1.807, 2.05) is 18.4 Å². The Hall–Kier alpha value is -1.94. The molecule has 0 fully saturated rings. The maximum atomic E-state index is 12.9. The van der Waals surface area contributed by atoms with E-state index < -0.39 is 0 Å². The van der Waals surface area contributed by atoms with Crippen LogP contribution in [0.1, 0.15) is 5.56 Å². The summed E-state index contributed by atoms with van der Waals surface area (Å²) in [4.78, 5) is 1.16. The summed E-state index contributed by atoms with van der Waals surface area (Å²) in [6.07, 6.45) is 0. The molecule has 0 aliphatic rings. The number of aromatic amines is 1. The Labute approximate surface area is 108 Å². The van der Waals surface area contributed by atoms with Crippen LogP contribution in [0, 0.1) is 12.7 Å². The summed E-state index contributed by atoms with van der Waals surface area (Å²) >= 11 is 1.67. The van der Waals surface area contributed by atoms with Gasteiger partial charge in [-0.15, -0.1) is 11.3 Å². The number of aromatic nitrogens is 2. The minimum absolute atomic E-state index is 0.231. The van der Waals surface area contributed by atoms with E-state index in [2.05, 4.69) is 16.3 Å². The first-order valence-electron chi connectivity index (χ1n) is 5.60. The third-order valence-corrected chi connectivity index (χ3v) is 3.78. The molecule has 18 heavy (non-hydrogen) atoms. The number of hydrogen-bond donors (Lipinski definition) is 1. The molecule has 1 aromatic carbocycles. The van der Waals surface area contributed by atoms with Crippen molar-refractivity contribution in [2.45, 2.75) is 6.92 Å². The van der Waals surface area contributed by atoms with Crippen molar-refractivity contribution in [2.24, 2.45) is 0 Å². The van der Waals surface area contributed by atoms with E-state index in [1.165, 1.54) is 12.1 Å². The van der Waals surface area contributed by atoms with Crippen LogP contribution in [0.2, 0.25) is 0 Å². The lowest BCUT2D eigenvalue weighted by Gasteiger charge is -1.99. The largest absolute Gasteiger partial charge is 0.276 e. The van der Waals surface area contributed by atoms with Crippen molar-refractivity contribution in [1.82, 2.24) is 10.2 Å². The number of H-pyrrole nitrogens is 1. The lowest BCUT2D eigenvalue weighted by molar-refractivity contribution is 0.628. The highest BCUT2D eigenvalue weighted by molar-refractivity contribution is 7.13. The quantitative estimate of drug-likeness (QED) is 0.731.